The van der Waals surface area contributed by atoms with Gasteiger partial charge < -0.3 is 20.6 Å². The van der Waals surface area contributed by atoms with Crippen molar-refractivity contribution in [2.24, 2.45) is 0 Å². The Labute approximate surface area is 299 Å². The van der Waals surface area contributed by atoms with Crippen LogP contribution in [0.1, 0.15) is 232 Å². The number of hydrogen-bond acceptors (Lipinski definition) is 4. The quantitative estimate of drug-likeness (QED) is 0.0384. The Morgan fingerprint density at radius 3 is 1.27 bits per heavy atom. The molecule has 0 rings (SSSR count). The van der Waals surface area contributed by atoms with Gasteiger partial charge in [-0.15, -0.1) is 0 Å². The zero-order valence-corrected chi connectivity index (χ0v) is 32.4. The molecule has 0 saturated carbocycles. The van der Waals surface area contributed by atoms with Crippen LogP contribution < -0.4 is 5.32 Å². The lowest BCUT2D eigenvalue weighted by atomic mass is 9.99. The van der Waals surface area contributed by atoms with E-state index in [1.807, 2.05) is 0 Å². The van der Waals surface area contributed by atoms with Crippen LogP contribution in [0.25, 0.3) is 0 Å². The van der Waals surface area contributed by atoms with Gasteiger partial charge in [-0.05, 0) is 32.1 Å². The first-order chi connectivity index (χ1) is 23.6. The average Bonchev–Trinajstić information content (AvgIpc) is 3.09. The van der Waals surface area contributed by atoms with E-state index in [1.54, 1.807) is 0 Å². The van der Waals surface area contributed by atoms with Gasteiger partial charge in [-0.1, -0.05) is 206 Å². The minimum atomic E-state index is -1.14. The molecule has 4 N–H and O–H groups in total. The molecule has 5 heteroatoms. The van der Waals surface area contributed by atoms with E-state index in [9.17, 15) is 20.1 Å². The molecule has 0 saturated heterocycles. The Morgan fingerprint density at radius 2 is 0.854 bits per heavy atom. The molecule has 0 heterocycles. The summed E-state index contributed by atoms with van der Waals surface area (Å²) in [5, 5.41) is 33.5. The number of aliphatic hydroxyl groups is 3. The summed E-state index contributed by atoms with van der Waals surface area (Å²) in [6, 6.07) is -0.809. The lowest BCUT2D eigenvalue weighted by Crippen LogP contribution is -2.50. The highest BCUT2D eigenvalue weighted by atomic mass is 16.3. The first kappa shape index (κ1) is 47.1. The topological polar surface area (TPSA) is 89.8 Å². The molecule has 0 aromatic carbocycles. The molecule has 0 aliphatic carbocycles. The van der Waals surface area contributed by atoms with Crippen LogP contribution >= 0.6 is 0 Å². The zero-order chi connectivity index (χ0) is 35.2. The summed E-state index contributed by atoms with van der Waals surface area (Å²) in [5.74, 6) is -0.154. The Hall–Kier alpha value is -0.910. The maximum Gasteiger partial charge on any atom is 0.220 e. The predicted molar refractivity (Wildman–Crippen MR) is 208 cm³/mol. The molecule has 1 amide bonds. The minimum Gasteiger partial charge on any atom is -0.394 e. The summed E-state index contributed by atoms with van der Waals surface area (Å²) < 4.78 is 0. The van der Waals surface area contributed by atoms with Gasteiger partial charge in [0.05, 0.1) is 18.8 Å². The lowest BCUT2D eigenvalue weighted by molar-refractivity contribution is -0.124. The Bertz CT molecular complexity index is 669. The van der Waals surface area contributed by atoms with Crippen LogP contribution in [0.5, 0.6) is 0 Å². The van der Waals surface area contributed by atoms with E-state index in [0.717, 1.165) is 44.9 Å². The van der Waals surface area contributed by atoms with E-state index in [2.05, 4.69) is 31.3 Å². The number of allylic oxidation sites excluding steroid dienone is 2. The van der Waals surface area contributed by atoms with Crippen LogP contribution in [0.4, 0.5) is 0 Å². The van der Waals surface area contributed by atoms with Gasteiger partial charge in [0.1, 0.15) is 6.10 Å². The van der Waals surface area contributed by atoms with Gasteiger partial charge in [0.25, 0.3) is 0 Å². The highest BCUT2D eigenvalue weighted by Crippen LogP contribution is 2.17. The van der Waals surface area contributed by atoms with E-state index in [-0.39, 0.29) is 12.5 Å². The van der Waals surface area contributed by atoms with Gasteiger partial charge in [0, 0.05) is 6.42 Å². The lowest BCUT2D eigenvalue weighted by Gasteiger charge is -2.26. The van der Waals surface area contributed by atoms with Crippen molar-refractivity contribution in [2.75, 3.05) is 6.61 Å². The van der Waals surface area contributed by atoms with Crippen molar-refractivity contribution in [3.63, 3.8) is 0 Å². The Morgan fingerprint density at radius 1 is 0.500 bits per heavy atom. The second-order valence-corrected chi connectivity index (χ2v) is 14.9. The molecule has 0 aliphatic heterocycles. The van der Waals surface area contributed by atoms with E-state index in [0.29, 0.717) is 12.8 Å². The molecule has 48 heavy (non-hydrogen) atoms. The van der Waals surface area contributed by atoms with Crippen LogP contribution in [-0.2, 0) is 4.79 Å². The fraction of sp³-hybridized carbons (Fsp3) is 0.930. The predicted octanol–water partition coefficient (Wildman–Crippen LogP) is 12.0. The maximum atomic E-state index is 12.3. The van der Waals surface area contributed by atoms with E-state index in [4.69, 9.17) is 0 Å². The summed E-state index contributed by atoms with van der Waals surface area (Å²) >= 11 is 0. The number of aliphatic hydroxyl groups excluding tert-OH is 3. The van der Waals surface area contributed by atoms with Crippen LogP contribution in [0.3, 0.4) is 0 Å². The zero-order valence-electron chi connectivity index (χ0n) is 32.4. The van der Waals surface area contributed by atoms with Crippen LogP contribution in [-0.4, -0.2) is 46.1 Å². The third-order valence-corrected chi connectivity index (χ3v) is 10.1. The number of amides is 1. The highest BCUT2D eigenvalue weighted by Gasteiger charge is 2.26. The fourth-order valence-electron chi connectivity index (χ4n) is 6.73. The molecule has 0 aliphatic rings. The van der Waals surface area contributed by atoms with Crippen LogP contribution in [0.15, 0.2) is 12.2 Å². The molecule has 0 radical (unpaired) electrons. The van der Waals surface area contributed by atoms with Crippen molar-refractivity contribution in [3.05, 3.63) is 12.2 Å². The molecule has 5 nitrogen and oxygen atoms in total. The van der Waals surface area contributed by atoms with Crippen molar-refractivity contribution < 1.29 is 20.1 Å². The number of hydrogen-bond donors (Lipinski definition) is 4. The summed E-state index contributed by atoms with van der Waals surface area (Å²) in [4.78, 5) is 12.3. The SMILES string of the molecule is CCCC/C=C\CCCCCCCC(=O)NC(CO)C(O)C(O)CCCCCCCCCCCCCCCCCCCCCCCCC. The molecule has 0 fully saturated rings. The Balaban J connectivity index is 3.55. The number of rotatable bonds is 39. The third kappa shape index (κ3) is 33.6. The summed E-state index contributed by atoms with van der Waals surface area (Å²) in [6.07, 6.45) is 44.7. The second kappa shape index (κ2) is 38.9. The Kier molecular flexibility index (Phi) is 38.1. The summed E-state index contributed by atoms with van der Waals surface area (Å²) in [6.45, 7) is 4.14. The molecule has 0 spiro atoms. The number of unbranched alkanes of at least 4 members (excludes halogenated alkanes) is 29. The standard InChI is InChI=1S/C43H85NO4/c1-3-5-7-9-11-13-15-16-17-18-19-20-21-22-23-24-25-26-28-29-31-33-35-37-41(46)43(48)40(39-45)44-42(47)38-36-34-32-30-27-14-12-10-8-6-4-2/h10,12,40-41,43,45-46,48H,3-9,11,13-39H2,1-2H3,(H,44,47)/b12-10-. The van der Waals surface area contributed by atoms with Crippen molar-refractivity contribution in [2.45, 2.75) is 250 Å². The molecule has 3 atom stereocenters. The van der Waals surface area contributed by atoms with Gasteiger partial charge in [0.15, 0.2) is 0 Å². The normalized spacial score (nSPS) is 13.7. The van der Waals surface area contributed by atoms with Crippen LogP contribution in [0.2, 0.25) is 0 Å². The first-order valence-corrected chi connectivity index (χ1v) is 21.5. The van der Waals surface area contributed by atoms with Crippen molar-refractivity contribution in [1.82, 2.24) is 5.32 Å². The van der Waals surface area contributed by atoms with Gasteiger partial charge in [-0.25, -0.2) is 0 Å². The monoisotopic (exact) mass is 680 g/mol. The van der Waals surface area contributed by atoms with E-state index in [1.165, 1.54) is 161 Å². The van der Waals surface area contributed by atoms with Gasteiger partial charge >= 0.3 is 0 Å². The molecule has 286 valence electrons. The highest BCUT2D eigenvalue weighted by molar-refractivity contribution is 5.76. The number of nitrogens with one attached hydrogen (secondary N) is 1. The van der Waals surface area contributed by atoms with E-state index >= 15 is 0 Å². The molecule has 0 aromatic rings. The summed E-state index contributed by atoms with van der Waals surface area (Å²) in [7, 11) is 0. The molecular weight excluding hydrogens is 594 g/mol. The third-order valence-electron chi connectivity index (χ3n) is 10.1. The molecule has 0 aromatic heterocycles. The van der Waals surface area contributed by atoms with E-state index < -0.39 is 18.2 Å². The van der Waals surface area contributed by atoms with Gasteiger partial charge in [-0.2, -0.15) is 0 Å². The number of carbonyl (C=O) groups is 1. The van der Waals surface area contributed by atoms with Crippen LogP contribution in [0, 0.1) is 0 Å². The maximum absolute atomic E-state index is 12.3. The van der Waals surface area contributed by atoms with Crippen molar-refractivity contribution >= 4 is 5.91 Å². The van der Waals surface area contributed by atoms with Gasteiger partial charge in [0.2, 0.25) is 5.91 Å². The minimum absolute atomic E-state index is 0.154. The van der Waals surface area contributed by atoms with Gasteiger partial charge in [-0.3, -0.25) is 4.79 Å². The molecule has 3 unspecified atom stereocenters. The van der Waals surface area contributed by atoms with Crippen molar-refractivity contribution in [3.8, 4) is 0 Å². The first-order valence-electron chi connectivity index (χ1n) is 21.5. The largest absolute Gasteiger partial charge is 0.394 e. The summed E-state index contributed by atoms with van der Waals surface area (Å²) in [5.41, 5.74) is 0. The molecular formula is C43H85NO4. The smallest absolute Gasteiger partial charge is 0.220 e. The number of carbonyl (C=O) groups excluding carboxylic acids is 1. The van der Waals surface area contributed by atoms with Crippen molar-refractivity contribution in [1.29, 1.82) is 0 Å². The molecule has 0 bridgehead atoms. The average molecular weight is 680 g/mol. The second-order valence-electron chi connectivity index (χ2n) is 14.9. The fourth-order valence-corrected chi connectivity index (χ4v) is 6.73.